The Morgan fingerprint density at radius 1 is 0.422 bits per heavy atom. The van der Waals surface area contributed by atoms with Crippen LogP contribution in [-0.2, 0) is 60.6 Å². The number of ether oxygens (including phenoxy) is 6. The number of carbonyl (C=O) groups excluding carboxylic acids is 9. The molecular formula is C98H114N20O17. The van der Waals surface area contributed by atoms with Gasteiger partial charge in [-0.25, -0.2) is 29.3 Å². The lowest BCUT2D eigenvalue weighted by molar-refractivity contribution is -0.137. The molecule has 0 bridgehead atoms. The topological polar surface area (TPSA) is 467 Å². The fraction of sp³-hybridized carbons (Fsp3) is 0.429. The second-order valence-corrected chi connectivity index (χ2v) is 34.6. The van der Waals surface area contributed by atoms with Gasteiger partial charge in [-0.1, -0.05) is 60.7 Å². The van der Waals surface area contributed by atoms with Gasteiger partial charge in [-0.05, 0) is 173 Å². The number of nitrogen functional groups attached to an aromatic ring is 2. The molecule has 6 fully saturated rings. The number of imide groups is 4. The Morgan fingerprint density at radius 3 is 1.22 bits per heavy atom. The molecule has 4 saturated heterocycles. The second-order valence-electron chi connectivity index (χ2n) is 34.6. The van der Waals surface area contributed by atoms with Crippen molar-refractivity contribution in [2.24, 2.45) is 5.73 Å². The molecule has 18 rings (SSSR count). The summed E-state index contributed by atoms with van der Waals surface area (Å²) in [5.41, 5.74) is 25.1. The summed E-state index contributed by atoms with van der Waals surface area (Å²) in [6, 6.07) is 44.5. The van der Waals surface area contributed by atoms with Crippen LogP contribution in [0.5, 0.6) is 23.0 Å². The van der Waals surface area contributed by atoms with E-state index in [1.165, 1.54) is 12.4 Å². The first kappa shape index (κ1) is 94.9. The Hall–Kier alpha value is -13.2. The molecule has 37 nitrogen and oxygen atoms in total. The van der Waals surface area contributed by atoms with E-state index in [1.54, 1.807) is 36.7 Å². The summed E-state index contributed by atoms with van der Waals surface area (Å²) in [6.07, 6.45) is 12.3. The molecule has 10 heterocycles. The summed E-state index contributed by atoms with van der Waals surface area (Å²) >= 11 is 0. The van der Waals surface area contributed by atoms with E-state index in [4.69, 9.17) is 60.9 Å². The molecule has 2 aliphatic carbocycles. The summed E-state index contributed by atoms with van der Waals surface area (Å²) in [4.78, 5) is 152. The number of hydrogen-bond acceptors (Lipinski definition) is 29. The number of aliphatic carboxylic acids is 1. The highest BCUT2D eigenvalue weighted by Gasteiger charge is 2.48. The monoisotopic (exact) mass is 1840 g/mol. The number of piperidine rings is 2. The molecule has 6 aliphatic heterocycles. The molecule has 10 aromatic rings. The van der Waals surface area contributed by atoms with Crippen LogP contribution in [0, 0.1) is 0 Å². The number of aryl methyl sites for hydroxylation is 2. The molecule has 2 atom stereocenters. The lowest BCUT2D eigenvalue weighted by Crippen LogP contribution is -2.54. The largest absolute Gasteiger partial charge is 0.481 e. The number of para-hydroxylation sites is 2. The van der Waals surface area contributed by atoms with E-state index in [9.17, 15) is 47.9 Å². The van der Waals surface area contributed by atoms with Crippen LogP contribution in [0.15, 0.2) is 158 Å². The van der Waals surface area contributed by atoms with Crippen LogP contribution in [0.4, 0.5) is 11.6 Å². The van der Waals surface area contributed by atoms with Crippen LogP contribution in [0.25, 0.3) is 44.6 Å². The molecular weight excluding hydrogens is 1730 g/mol. The number of amides is 9. The van der Waals surface area contributed by atoms with Crippen molar-refractivity contribution < 1.29 is 81.5 Å². The maximum Gasteiger partial charge on any atom is 0.303 e. The quantitative estimate of drug-likeness (QED) is 0.0145. The van der Waals surface area contributed by atoms with Crippen molar-refractivity contribution in [3.8, 4) is 45.5 Å². The van der Waals surface area contributed by atoms with E-state index >= 15 is 0 Å². The van der Waals surface area contributed by atoms with Crippen molar-refractivity contribution in [3.63, 3.8) is 0 Å². The van der Waals surface area contributed by atoms with Crippen molar-refractivity contribution in [1.82, 2.24) is 84.8 Å². The zero-order valence-electron chi connectivity index (χ0n) is 75.4. The molecule has 2 unspecified atom stereocenters. The minimum atomic E-state index is -1.04. The number of benzene rings is 6. The first-order valence-electron chi connectivity index (χ1n) is 46.5. The zero-order chi connectivity index (χ0) is 93.9. The summed E-state index contributed by atoms with van der Waals surface area (Å²) in [5.74, 6) is -1.81. The lowest BCUT2D eigenvalue weighted by atomic mass is 9.90. The number of aromatic nitrogens is 8. The van der Waals surface area contributed by atoms with Crippen LogP contribution in [-0.4, -0.2) is 289 Å². The summed E-state index contributed by atoms with van der Waals surface area (Å²) in [5, 5.41) is 27.8. The van der Waals surface area contributed by atoms with Gasteiger partial charge in [0.1, 0.15) is 70.8 Å². The van der Waals surface area contributed by atoms with E-state index in [0.29, 0.717) is 94.2 Å². The fourth-order valence-electron chi connectivity index (χ4n) is 19.1. The number of hydrogen-bond donors (Lipinski definition) is 7. The minimum absolute atomic E-state index is 0.0464. The molecule has 0 spiro atoms. The molecule has 135 heavy (non-hydrogen) atoms. The smallest absolute Gasteiger partial charge is 0.303 e. The lowest BCUT2D eigenvalue weighted by Gasteiger charge is -2.42. The van der Waals surface area contributed by atoms with E-state index in [-0.39, 0.29) is 91.6 Å². The maximum absolute atomic E-state index is 13.3. The Balaban J connectivity index is 0.000000165. The van der Waals surface area contributed by atoms with Gasteiger partial charge in [0.05, 0.1) is 98.0 Å². The highest BCUT2D eigenvalue weighted by atomic mass is 16.5. The number of anilines is 2. The first-order chi connectivity index (χ1) is 65.8. The van der Waals surface area contributed by atoms with Gasteiger partial charge in [-0.15, -0.1) is 0 Å². The predicted octanol–water partition coefficient (Wildman–Crippen LogP) is 8.22. The molecule has 6 aromatic carbocycles. The zero-order valence-corrected chi connectivity index (χ0v) is 75.4. The van der Waals surface area contributed by atoms with E-state index in [1.807, 2.05) is 109 Å². The van der Waals surface area contributed by atoms with Gasteiger partial charge < -0.3 is 56.0 Å². The normalized spacial score (nSPS) is 20.1. The van der Waals surface area contributed by atoms with Crippen LogP contribution in [0.1, 0.15) is 155 Å². The number of nitrogens with zero attached hydrogens (tertiary/aromatic N) is 14. The standard InChI is InChI=1S/C49H56N10O8.C33H44N8O3.C16H14N2O6/c50-45-43-44(33-9-16-37(17-10-33)67-36-6-2-1-3-7-36)55-59(46(43)53-31-52-45)35-14-12-34(13-15-35)57-24-22-56(23-25-57)26-28-66-30-29-65-27-21-51-40(60)19-11-32-5-4-8-38-42(32)49(64)58(48(38)63)39-18-20-41(61)54-47(39)62;34-14-20-42-22-23-43-21-19-39-15-17-40(18-16-39)26-8-10-27(11-9-26)41-33-30(32(35)36-24-37-33)31(38-41)25-6-12-29(13-7-25)44-28-4-2-1-3-5-28;19-11-6-5-10(14(22)17-11)18-15(23)9-3-1-2-8(4-7-12(20)21)13(9)16(18)24/h1-10,16-17,31,34-35,39H,11-15,18-30H2,(H,51,60)(H2,50,52,53)(H,54,61,62);1-7,12-13,24,26-27H,8-11,14-23,34H2,(H2,35,36,37);1-3,10H,4-7H2,(H,20,21)(H,17,19,22). The summed E-state index contributed by atoms with van der Waals surface area (Å²) in [6.45, 7) is 15.6. The average molecular weight is 1840 g/mol. The maximum atomic E-state index is 13.3. The highest BCUT2D eigenvalue weighted by Crippen LogP contribution is 2.42. The number of carboxylic acid groups (broad SMARTS) is 1. The van der Waals surface area contributed by atoms with Gasteiger partial charge >= 0.3 is 5.97 Å². The van der Waals surface area contributed by atoms with Crippen LogP contribution >= 0.6 is 0 Å². The molecule has 9 amide bonds. The Morgan fingerprint density at radius 2 is 0.815 bits per heavy atom. The van der Waals surface area contributed by atoms with Gasteiger partial charge in [0.25, 0.3) is 23.6 Å². The number of carboxylic acids is 1. The van der Waals surface area contributed by atoms with Crippen molar-refractivity contribution in [2.75, 3.05) is 143 Å². The van der Waals surface area contributed by atoms with Crippen molar-refractivity contribution in [2.45, 2.75) is 139 Å². The number of piperazine rings is 2. The highest BCUT2D eigenvalue weighted by molar-refractivity contribution is 6.25. The van der Waals surface area contributed by atoms with Gasteiger partial charge in [0.2, 0.25) is 29.5 Å². The predicted molar refractivity (Wildman–Crippen MR) is 498 cm³/mol. The second kappa shape index (κ2) is 45.2. The van der Waals surface area contributed by atoms with Gasteiger partial charge in [0.15, 0.2) is 11.3 Å². The van der Waals surface area contributed by atoms with Crippen molar-refractivity contribution in [1.29, 1.82) is 0 Å². The van der Waals surface area contributed by atoms with Gasteiger partial charge in [-0.3, -0.25) is 88.0 Å². The van der Waals surface area contributed by atoms with E-state index in [2.05, 4.69) is 64.8 Å². The van der Waals surface area contributed by atoms with Crippen molar-refractivity contribution >= 4 is 92.8 Å². The minimum Gasteiger partial charge on any atom is -0.481 e. The molecule has 4 aromatic heterocycles. The summed E-state index contributed by atoms with van der Waals surface area (Å²) in [7, 11) is 0. The average Bonchev–Trinajstić information content (AvgIpc) is 1.60. The van der Waals surface area contributed by atoms with Crippen LogP contribution < -0.4 is 42.6 Å². The van der Waals surface area contributed by atoms with E-state index in [0.717, 1.165) is 201 Å². The molecule has 2 saturated carbocycles. The molecule has 8 aliphatic rings. The molecule has 0 radical (unpaired) electrons. The van der Waals surface area contributed by atoms with E-state index < -0.39 is 65.3 Å². The number of nitrogens with two attached hydrogens (primary N) is 3. The van der Waals surface area contributed by atoms with Crippen LogP contribution in [0.3, 0.4) is 0 Å². The van der Waals surface area contributed by atoms with Gasteiger partial charge in [0, 0.05) is 127 Å². The third kappa shape index (κ3) is 23.1. The van der Waals surface area contributed by atoms with Gasteiger partial charge in [-0.2, -0.15) is 10.2 Å². The SMILES string of the molecule is NCCOCCOCCN1CCN(C2CCC(n3nc(-c4ccc(Oc5ccccc5)cc4)c4c(N)ncnc43)CC2)CC1.Nc1ncnc2c1c(-c1ccc(Oc3ccccc3)cc1)nn2C1CCC(N2CCN(CCOCCOCCNC(=O)CCc3cccc4c3C(=O)N(C3CCC(=O)NC3=O)C4=O)CC2)CC1.O=C(O)CCc1cccc2c1C(=O)N(C1CCC(=O)NC1=O)C2=O. The third-order valence-corrected chi connectivity index (χ3v) is 26.1. The Labute approximate surface area is 780 Å². The van der Waals surface area contributed by atoms with Crippen LogP contribution in [0.2, 0.25) is 0 Å². The number of carbonyl (C=O) groups is 10. The Kier molecular flexibility index (Phi) is 31.8. The number of nitrogens with one attached hydrogen (secondary N) is 3. The fourth-order valence-corrected chi connectivity index (χ4v) is 19.1. The molecule has 37 heteroatoms. The molecule has 708 valence electrons. The summed E-state index contributed by atoms with van der Waals surface area (Å²) < 4.78 is 38.8. The third-order valence-electron chi connectivity index (χ3n) is 26.1. The van der Waals surface area contributed by atoms with Crippen molar-refractivity contribution in [3.05, 3.63) is 192 Å². The molecule has 10 N–H and O–H groups in total. The number of rotatable bonds is 35. The Bertz CT molecular complexity index is 5880. The first-order valence-corrected chi connectivity index (χ1v) is 46.5. The number of fused-ring (bicyclic) bond motifs is 4.